The molecule has 0 bridgehead atoms. The van der Waals surface area contributed by atoms with Gasteiger partial charge >= 0.3 is 0 Å². The predicted molar refractivity (Wildman–Crippen MR) is 104 cm³/mol. The first-order chi connectivity index (χ1) is 13.6. The highest BCUT2D eigenvalue weighted by Gasteiger charge is 2.16. The van der Waals surface area contributed by atoms with Crippen LogP contribution in [0.2, 0.25) is 0 Å². The Hall–Kier alpha value is -3.81. The summed E-state index contributed by atoms with van der Waals surface area (Å²) in [5.41, 5.74) is 2.90. The lowest BCUT2D eigenvalue weighted by Crippen LogP contribution is -2.25. The lowest BCUT2D eigenvalue weighted by Gasteiger charge is -2.18. The average molecular weight is 378 g/mol. The van der Waals surface area contributed by atoms with Gasteiger partial charge in [0.1, 0.15) is 17.2 Å². The molecule has 0 atom stereocenters. The molecule has 2 N–H and O–H groups in total. The molecule has 0 saturated heterocycles. The molecule has 0 saturated carbocycles. The van der Waals surface area contributed by atoms with Crippen LogP contribution in [0, 0.1) is 0 Å². The molecule has 8 heteroatoms. The van der Waals surface area contributed by atoms with Crippen molar-refractivity contribution in [1.29, 1.82) is 0 Å². The maximum atomic E-state index is 11.5. The highest BCUT2D eigenvalue weighted by Crippen LogP contribution is 2.32. The van der Waals surface area contributed by atoms with Crippen molar-refractivity contribution in [3.05, 3.63) is 48.7 Å². The number of fused-ring (bicyclic) bond motifs is 1. The maximum Gasteiger partial charge on any atom is 0.262 e. The molecular weight excluding hydrogens is 360 g/mol. The van der Waals surface area contributed by atoms with Crippen LogP contribution in [0.4, 0.5) is 17.3 Å². The molecule has 142 valence electrons. The van der Waals surface area contributed by atoms with Crippen molar-refractivity contribution in [2.45, 2.75) is 0 Å². The second-order valence-electron chi connectivity index (χ2n) is 6.04. The predicted octanol–water partition coefficient (Wildman–Crippen LogP) is 3.24. The van der Waals surface area contributed by atoms with Gasteiger partial charge in [0.05, 0.1) is 25.6 Å². The van der Waals surface area contributed by atoms with E-state index in [2.05, 4.69) is 20.6 Å². The quantitative estimate of drug-likeness (QED) is 0.704. The summed E-state index contributed by atoms with van der Waals surface area (Å²) < 4.78 is 16.0. The lowest BCUT2D eigenvalue weighted by atomic mass is 10.1. The number of anilines is 3. The Morgan fingerprint density at radius 2 is 1.86 bits per heavy atom. The van der Waals surface area contributed by atoms with E-state index in [1.54, 1.807) is 32.5 Å². The van der Waals surface area contributed by atoms with Crippen molar-refractivity contribution in [2.75, 3.05) is 31.5 Å². The van der Waals surface area contributed by atoms with Gasteiger partial charge in [0, 0.05) is 35.6 Å². The molecule has 8 nitrogen and oxygen atoms in total. The lowest BCUT2D eigenvalue weighted by molar-refractivity contribution is -0.118. The molecule has 1 aliphatic heterocycles. The fraction of sp³-hybridized carbons (Fsp3) is 0.150. The summed E-state index contributed by atoms with van der Waals surface area (Å²) in [6.45, 7) is 0.0257. The number of hydrogen-bond donors (Lipinski definition) is 2. The third-order valence-electron chi connectivity index (χ3n) is 4.17. The van der Waals surface area contributed by atoms with E-state index in [1.165, 1.54) is 0 Å². The van der Waals surface area contributed by atoms with Crippen LogP contribution < -0.4 is 24.8 Å². The molecule has 1 aromatic heterocycles. The standard InChI is InChI=1S/C20H18N4O4/c1-26-14-8-13(9-15(10-14)27-2)22-20-21-6-5-16(24-20)12-3-4-18-17(7-12)23-19(25)11-28-18/h3-10H,11H2,1-2H3,(H,23,25)(H,21,22,24). The third kappa shape index (κ3) is 3.66. The molecule has 0 fully saturated rings. The molecule has 4 rings (SSSR count). The van der Waals surface area contributed by atoms with E-state index in [1.807, 2.05) is 30.3 Å². The van der Waals surface area contributed by atoms with Crippen molar-refractivity contribution in [1.82, 2.24) is 9.97 Å². The molecule has 3 aromatic rings. The Kier molecular flexibility index (Phi) is 4.67. The van der Waals surface area contributed by atoms with Gasteiger partial charge in [0.2, 0.25) is 5.95 Å². The van der Waals surface area contributed by atoms with Gasteiger partial charge in [0.15, 0.2) is 6.61 Å². The van der Waals surface area contributed by atoms with Gasteiger partial charge in [-0.3, -0.25) is 4.79 Å². The zero-order chi connectivity index (χ0) is 19.5. The van der Waals surface area contributed by atoms with Crippen LogP contribution in [-0.4, -0.2) is 36.7 Å². The van der Waals surface area contributed by atoms with Gasteiger partial charge in [0.25, 0.3) is 5.91 Å². The van der Waals surface area contributed by atoms with Gasteiger partial charge in [-0.2, -0.15) is 0 Å². The Morgan fingerprint density at radius 1 is 1.07 bits per heavy atom. The Bertz CT molecular complexity index is 1020. The summed E-state index contributed by atoms with van der Waals surface area (Å²) in [6.07, 6.45) is 1.66. The minimum atomic E-state index is -0.179. The second-order valence-corrected chi connectivity index (χ2v) is 6.04. The molecule has 1 aliphatic rings. The zero-order valence-electron chi connectivity index (χ0n) is 15.4. The minimum absolute atomic E-state index is 0.0257. The summed E-state index contributed by atoms with van der Waals surface area (Å²) >= 11 is 0. The SMILES string of the molecule is COc1cc(Nc2nccc(-c3ccc4c(c3)NC(=O)CO4)n2)cc(OC)c1. The normalized spacial score (nSPS) is 12.4. The Balaban J connectivity index is 1.62. The molecule has 2 heterocycles. The highest BCUT2D eigenvalue weighted by molar-refractivity contribution is 5.96. The second kappa shape index (κ2) is 7.43. The summed E-state index contributed by atoms with van der Waals surface area (Å²) in [5, 5.41) is 5.96. The molecule has 0 aliphatic carbocycles. The van der Waals surface area contributed by atoms with Crippen molar-refractivity contribution in [3.8, 4) is 28.5 Å². The van der Waals surface area contributed by atoms with Gasteiger partial charge in [-0.25, -0.2) is 9.97 Å². The summed E-state index contributed by atoms with van der Waals surface area (Å²) in [7, 11) is 3.18. The molecule has 0 radical (unpaired) electrons. The van der Waals surface area contributed by atoms with E-state index in [0.717, 1.165) is 11.3 Å². The van der Waals surface area contributed by atoms with Gasteiger partial charge in [-0.05, 0) is 24.3 Å². The first kappa shape index (κ1) is 17.6. The molecule has 1 amide bonds. The topological polar surface area (TPSA) is 94.6 Å². The first-order valence-electron chi connectivity index (χ1n) is 8.55. The van der Waals surface area contributed by atoms with Crippen LogP contribution in [0.25, 0.3) is 11.3 Å². The van der Waals surface area contributed by atoms with E-state index in [-0.39, 0.29) is 12.5 Å². The number of ether oxygens (including phenoxy) is 3. The maximum absolute atomic E-state index is 11.5. The van der Waals surface area contributed by atoms with E-state index < -0.39 is 0 Å². The number of benzene rings is 2. The van der Waals surface area contributed by atoms with Crippen LogP contribution >= 0.6 is 0 Å². The Morgan fingerprint density at radius 3 is 2.61 bits per heavy atom. The van der Waals surface area contributed by atoms with E-state index in [4.69, 9.17) is 14.2 Å². The van der Waals surface area contributed by atoms with E-state index in [0.29, 0.717) is 34.6 Å². The zero-order valence-corrected chi connectivity index (χ0v) is 15.4. The number of rotatable bonds is 5. The number of hydrogen-bond acceptors (Lipinski definition) is 7. The van der Waals surface area contributed by atoms with Gasteiger partial charge < -0.3 is 24.8 Å². The third-order valence-corrected chi connectivity index (χ3v) is 4.17. The number of carbonyl (C=O) groups is 1. The minimum Gasteiger partial charge on any atom is -0.497 e. The van der Waals surface area contributed by atoms with E-state index >= 15 is 0 Å². The number of nitrogens with zero attached hydrogens (tertiary/aromatic N) is 2. The van der Waals surface area contributed by atoms with Crippen LogP contribution in [0.5, 0.6) is 17.2 Å². The van der Waals surface area contributed by atoms with Gasteiger partial charge in [-0.15, -0.1) is 0 Å². The summed E-state index contributed by atoms with van der Waals surface area (Å²) in [5.74, 6) is 2.19. The number of nitrogens with one attached hydrogen (secondary N) is 2. The molecule has 0 unspecified atom stereocenters. The van der Waals surface area contributed by atoms with Crippen molar-refractivity contribution in [3.63, 3.8) is 0 Å². The molecular formula is C20H18N4O4. The smallest absolute Gasteiger partial charge is 0.262 e. The Labute approximate surface area is 161 Å². The van der Waals surface area contributed by atoms with Crippen molar-refractivity contribution < 1.29 is 19.0 Å². The molecule has 0 spiro atoms. The van der Waals surface area contributed by atoms with E-state index in [9.17, 15) is 4.79 Å². The monoisotopic (exact) mass is 378 g/mol. The number of aromatic nitrogens is 2. The fourth-order valence-electron chi connectivity index (χ4n) is 2.83. The number of amides is 1. The molecule has 28 heavy (non-hydrogen) atoms. The van der Waals surface area contributed by atoms with Gasteiger partial charge in [-0.1, -0.05) is 0 Å². The summed E-state index contributed by atoms with van der Waals surface area (Å²) in [4.78, 5) is 20.4. The fourth-order valence-corrected chi connectivity index (χ4v) is 2.83. The van der Waals surface area contributed by atoms with Crippen molar-refractivity contribution in [2.24, 2.45) is 0 Å². The van der Waals surface area contributed by atoms with Crippen LogP contribution in [0.3, 0.4) is 0 Å². The average Bonchev–Trinajstić information content (AvgIpc) is 2.73. The number of methoxy groups -OCH3 is 2. The highest BCUT2D eigenvalue weighted by atomic mass is 16.5. The van der Waals surface area contributed by atoms with Crippen LogP contribution in [0.15, 0.2) is 48.7 Å². The number of carbonyl (C=O) groups excluding carboxylic acids is 1. The summed E-state index contributed by atoms with van der Waals surface area (Å²) in [6, 6.07) is 12.8. The van der Waals surface area contributed by atoms with Crippen LogP contribution in [-0.2, 0) is 4.79 Å². The van der Waals surface area contributed by atoms with Crippen LogP contribution in [0.1, 0.15) is 0 Å². The van der Waals surface area contributed by atoms with Crippen molar-refractivity contribution >= 4 is 23.2 Å². The largest absolute Gasteiger partial charge is 0.497 e. The molecule has 2 aromatic carbocycles. The first-order valence-corrected chi connectivity index (χ1v) is 8.55.